The number of nitrogens with zero attached hydrogens (tertiary/aromatic N) is 1. The second-order valence-corrected chi connectivity index (χ2v) is 4.34. The van der Waals surface area contributed by atoms with Gasteiger partial charge in [-0.15, -0.1) is 21.1 Å². The molecule has 1 atom stereocenters. The first-order valence-corrected chi connectivity index (χ1v) is 5.65. The fraction of sp³-hybridized carbons (Fsp3) is 0.308. The van der Waals surface area contributed by atoms with Gasteiger partial charge in [0.15, 0.2) is 11.5 Å². The number of carbonyl (C=O) groups is 1. The smallest absolute Gasteiger partial charge is 0.395 e. The van der Waals surface area contributed by atoms with Gasteiger partial charge in [-0.2, -0.15) is 0 Å². The molecular formula is C13H9F2NO3. The van der Waals surface area contributed by atoms with Gasteiger partial charge >= 0.3 is 6.29 Å². The molecule has 1 aromatic rings. The molecule has 19 heavy (non-hydrogen) atoms. The van der Waals surface area contributed by atoms with Gasteiger partial charge in [-0.1, -0.05) is 6.07 Å². The minimum Gasteiger partial charge on any atom is -0.395 e. The normalized spacial score (nSPS) is 23.5. The van der Waals surface area contributed by atoms with Crippen molar-refractivity contribution in [3.05, 3.63) is 18.2 Å². The van der Waals surface area contributed by atoms with Crippen LogP contribution < -0.4 is 14.4 Å². The SMILES string of the molecule is C#CC1CC(=O)N(c2cccc3c2OC(F)(F)O3)C1. The van der Waals surface area contributed by atoms with Crippen LogP contribution in [0, 0.1) is 18.3 Å². The van der Waals surface area contributed by atoms with Crippen molar-refractivity contribution in [1.29, 1.82) is 0 Å². The second kappa shape index (κ2) is 3.85. The van der Waals surface area contributed by atoms with E-state index in [0.29, 0.717) is 6.54 Å². The van der Waals surface area contributed by atoms with Crippen LogP contribution in [0.3, 0.4) is 0 Å². The van der Waals surface area contributed by atoms with E-state index in [0.717, 1.165) is 0 Å². The molecule has 6 heteroatoms. The number of fused-ring (bicyclic) bond motifs is 1. The van der Waals surface area contributed by atoms with Gasteiger partial charge in [0, 0.05) is 18.9 Å². The predicted molar refractivity (Wildman–Crippen MR) is 61.9 cm³/mol. The van der Waals surface area contributed by atoms with Crippen LogP contribution in [0.2, 0.25) is 0 Å². The van der Waals surface area contributed by atoms with Gasteiger partial charge in [0.2, 0.25) is 5.91 Å². The van der Waals surface area contributed by atoms with Crippen molar-refractivity contribution < 1.29 is 23.0 Å². The molecule has 2 aliphatic rings. The number of alkyl halides is 2. The third kappa shape index (κ3) is 1.87. The molecule has 1 amide bonds. The number of terminal acetylenes is 1. The number of anilines is 1. The number of para-hydroxylation sites is 1. The summed E-state index contributed by atoms with van der Waals surface area (Å²) in [5.74, 6) is 1.86. The standard InChI is InChI=1S/C13H9F2NO3/c1-2-8-6-11(17)16(7-8)9-4-3-5-10-12(9)19-13(14,15)18-10/h1,3-5,8H,6-7H2. The third-order valence-electron chi connectivity index (χ3n) is 3.06. The first-order valence-electron chi connectivity index (χ1n) is 5.65. The van der Waals surface area contributed by atoms with Crippen LogP contribution in [0.25, 0.3) is 0 Å². The van der Waals surface area contributed by atoms with E-state index in [1.807, 2.05) is 0 Å². The van der Waals surface area contributed by atoms with Crippen molar-refractivity contribution in [3.8, 4) is 23.8 Å². The van der Waals surface area contributed by atoms with Gasteiger partial charge < -0.3 is 14.4 Å². The summed E-state index contributed by atoms with van der Waals surface area (Å²) in [6.07, 6.45) is 1.79. The summed E-state index contributed by atoms with van der Waals surface area (Å²) in [7, 11) is 0. The topological polar surface area (TPSA) is 38.8 Å². The Hall–Kier alpha value is -2.29. The van der Waals surface area contributed by atoms with Crippen LogP contribution in [0.15, 0.2) is 18.2 Å². The Bertz CT molecular complexity index is 594. The molecule has 2 aliphatic heterocycles. The summed E-state index contributed by atoms with van der Waals surface area (Å²) in [6.45, 7) is 0.292. The highest BCUT2D eigenvalue weighted by Crippen LogP contribution is 2.47. The summed E-state index contributed by atoms with van der Waals surface area (Å²) in [5.41, 5.74) is 0.262. The number of halogens is 2. The van der Waals surface area contributed by atoms with E-state index < -0.39 is 6.29 Å². The number of carbonyl (C=O) groups excluding carboxylic acids is 1. The molecule has 0 aromatic heterocycles. The summed E-state index contributed by atoms with van der Waals surface area (Å²) < 4.78 is 34.9. The number of hydrogen-bond donors (Lipinski definition) is 0. The van der Waals surface area contributed by atoms with Crippen molar-refractivity contribution >= 4 is 11.6 Å². The summed E-state index contributed by atoms with van der Waals surface area (Å²) >= 11 is 0. The first kappa shape index (κ1) is 11.8. The lowest BCUT2D eigenvalue weighted by atomic mass is 10.1. The lowest BCUT2D eigenvalue weighted by Gasteiger charge is -2.17. The van der Waals surface area contributed by atoms with Gasteiger partial charge in [-0.25, -0.2) is 0 Å². The zero-order valence-corrected chi connectivity index (χ0v) is 9.73. The van der Waals surface area contributed by atoms with Crippen molar-refractivity contribution in [2.45, 2.75) is 12.7 Å². The fourth-order valence-electron chi connectivity index (χ4n) is 2.22. The molecule has 0 radical (unpaired) electrons. The number of ether oxygens (including phenoxy) is 2. The summed E-state index contributed by atoms with van der Waals surface area (Å²) in [6, 6.07) is 4.41. The fourth-order valence-corrected chi connectivity index (χ4v) is 2.22. The highest BCUT2D eigenvalue weighted by Gasteiger charge is 2.46. The van der Waals surface area contributed by atoms with E-state index in [9.17, 15) is 13.6 Å². The minimum atomic E-state index is -3.70. The molecule has 0 spiro atoms. The number of rotatable bonds is 1. The van der Waals surface area contributed by atoms with Gasteiger partial charge in [0.25, 0.3) is 0 Å². The highest BCUT2D eigenvalue weighted by molar-refractivity contribution is 5.98. The first-order chi connectivity index (χ1) is 9.00. The Morgan fingerprint density at radius 2 is 2.21 bits per heavy atom. The van der Waals surface area contributed by atoms with E-state index in [1.165, 1.54) is 23.1 Å². The average molecular weight is 265 g/mol. The van der Waals surface area contributed by atoms with Gasteiger partial charge in [-0.3, -0.25) is 4.79 Å². The molecule has 2 heterocycles. The second-order valence-electron chi connectivity index (χ2n) is 4.34. The van der Waals surface area contributed by atoms with Gasteiger partial charge in [0.1, 0.15) is 0 Å². The molecular weight excluding hydrogens is 256 g/mol. The molecule has 1 aromatic carbocycles. The van der Waals surface area contributed by atoms with Crippen molar-refractivity contribution in [1.82, 2.24) is 0 Å². The Kier molecular flexibility index (Phi) is 2.39. The lowest BCUT2D eigenvalue weighted by Crippen LogP contribution is -2.27. The molecule has 0 bridgehead atoms. The molecule has 0 saturated carbocycles. The zero-order valence-electron chi connectivity index (χ0n) is 9.73. The van der Waals surface area contributed by atoms with E-state index in [-0.39, 0.29) is 35.4 Å². The monoisotopic (exact) mass is 265 g/mol. The largest absolute Gasteiger partial charge is 0.586 e. The maximum Gasteiger partial charge on any atom is 0.586 e. The minimum absolute atomic E-state index is 0.0838. The van der Waals surface area contributed by atoms with Crippen LogP contribution >= 0.6 is 0 Å². The molecule has 3 rings (SSSR count). The van der Waals surface area contributed by atoms with Crippen molar-refractivity contribution in [3.63, 3.8) is 0 Å². The maximum absolute atomic E-state index is 13.1. The van der Waals surface area contributed by atoms with Crippen molar-refractivity contribution in [2.24, 2.45) is 5.92 Å². The number of benzene rings is 1. The van der Waals surface area contributed by atoms with Crippen LogP contribution in [-0.4, -0.2) is 18.7 Å². The summed E-state index contributed by atoms with van der Waals surface area (Å²) in [4.78, 5) is 13.2. The Morgan fingerprint density at radius 1 is 1.42 bits per heavy atom. The Labute approximate surface area is 107 Å². The lowest BCUT2D eigenvalue weighted by molar-refractivity contribution is -0.286. The Morgan fingerprint density at radius 3 is 2.89 bits per heavy atom. The van der Waals surface area contributed by atoms with Crippen molar-refractivity contribution in [2.75, 3.05) is 11.4 Å². The van der Waals surface area contributed by atoms with Gasteiger partial charge in [-0.05, 0) is 12.1 Å². The van der Waals surface area contributed by atoms with Crippen LogP contribution in [0.5, 0.6) is 11.5 Å². The van der Waals surface area contributed by atoms with Crippen LogP contribution in [0.4, 0.5) is 14.5 Å². The average Bonchev–Trinajstić information content (AvgIpc) is 2.86. The molecule has 1 fully saturated rings. The quantitative estimate of drug-likeness (QED) is 0.729. The van der Waals surface area contributed by atoms with E-state index in [2.05, 4.69) is 15.4 Å². The zero-order chi connectivity index (χ0) is 13.6. The molecule has 0 aliphatic carbocycles. The summed E-state index contributed by atoms with van der Waals surface area (Å²) in [5, 5.41) is 0. The maximum atomic E-state index is 13.1. The number of hydrogen-bond acceptors (Lipinski definition) is 3. The highest BCUT2D eigenvalue weighted by atomic mass is 19.3. The van der Waals surface area contributed by atoms with E-state index in [4.69, 9.17) is 6.42 Å². The molecule has 1 saturated heterocycles. The predicted octanol–water partition coefficient (Wildman–Crippen LogP) is 1.99. The van der Waals surface area contributed by atoms with E-state index in [1.54, 1.807) is 0 Å². The van der Waals surface area contributed by atoms with Gasteiger partial charge in [0.05, 0.1) is 5.69 Å². The molecule has 1 unspecified atom stereocenters. The third-order valence-corrected chi connectivity index (χ3v) is 3.06. The molecule has 98 valence electrons. The number of amides is 1. The molecule has 0 N–H and O–H groups in total. The molecule has 4 nitrogen and oxygen atoms in total. The van der Waals surface area contributed by atoms with Crippen LogP contribution in [-0.2, 0) is 4.79 Å². The van der Waals surface area contributed by atoms with Crippen LogP contribution in [0.1, 0.15) is 6.42 Å². The Balaban J connectivity index is 1.99. The van der Waals surface area contributed by atoms with E-state index >= 15 is 0 Å².